The number of aryl methyl sites for hydroxylation is 2. The number of aromatic nitrogens is 3. The van der Waals surface area contributed by atoms with Crippen molar-refractivity contribution in [2.75, 3.05) is 5.32 Å². The summed E-state index contributed by atoms with van der Waals surface area (Å²) in [6.45, 7) is 3.95. The molecule has 0 atom stereocenters. The molecule has 0 aliphatic carbocycles. The molecular weight excluding hydrogens is 455 g/mol. The molecule has 0 bridgehead atoms. The normalized spacial score (nSPS) is 10.9. The summed E-state index contributed by atoms with van der Waals surface area (Å²) in [7, 11) is 0. The minimum absolute atomic E-state index is 0.0148. The number of hydrogen-bond donors (Lipinski definition) is 1. The molecule has 0 spiro atoms. The highest BCUT2D eigenvalue weighted by Gasteiger charge is 2.20. The molecule has 0 aliphatic rings. The van der Waals surface area contributed by atoms with Crippen LogP contribution in [0.2, 0.25) is 15.1 Å². The van der Waals surface area contributed by atoms with Crippen molar-refractivity contribution in [2.45, 2.75) is 13.8 Å². The molecule has 31 heavy (non-hydrogen) atoms. The van der Waals surface area contributed by atoms with Gasteiger partial charge in [-0.25, -0.2) is 9.67 Å². The summed E-state index contributed by atoms with van der Waals surface area (Å²) in [5.74, 6) is 0.0795. The fourth-order valence-corrected chi connectivity index (χ4v) is 3.50. The third-order valence-electron chi connectivity index (χ3n) is 4.70. The van der Waals surface area contributed by atoms with Gasteiger partial charge in [-0.1, -0.05) is 70.7 Å². The molecule has 1 amide bonds. The van der Waals surface area contributed by atoms with E-state index in [4.69, 9.17) is 34.8 Å². The van der Waals surface area contributed by atoms with Crippen LogP contribution in [-0.4, -0.2) is 20.7 Å². The zero-order valence-electron chi connectivity index (χ0n) is 16.7. The van der Waals surface area contributed by atoms with E-state index in [1.54, 1.807) is 35.0 Å². The zero-order chi connectivity index (χ0) is 22.1. The zero-order valence-corrected chi connectivity index (χ0v) is 18.9. The Labute approximate surface area is 194 Å². The molecule has 0 unspecified atom stereocenters. The SMILES string of the molecule is Cc1ccc(-c2nc(C(=O)Nc3ccc(Cl)c(Cl)c3)nn2-c2cc(Cl)ccc2C)cc1. The number of carbonyl (C=O) groups excluding carboxylic acids is 1. The number of halogens is 3. The Balaban J connectivity index is 1.78. The van der Waals surface area contributed by atoms with E-state index in [0.29, 0.717) is 26.6 Å². The van der Waals surface area contributed by atoms with Crippen LogP contribution in [0.25, 0.3) is 17.1 Å². The first kappa shape index (κ1) is 21.4. The molecule has 1 aromatic heterocycles. The monoisotopic (exact) mass is 470 g/mol. The Bertz CT molecular complexity index is 1280. The highest BCUT2D eigenvalue weighted by Crippen LogP contribution is 2.27. The summed E-state index contributed by atoms with van der Waals surface area (Å²) in [5, 5.41) is 8.56. The maximum Gasteiger partial charge on any atom is 0.295 e. The largest absolute Gasteiger partial charge is 0.319 e. The van der Waals surface area contributed by atoms with Crippen molar-refractivity contribution < 1.29 is 4.79 Å². The Morgan fingerprint density at radius 3 is 2.35 bits per heavy atom. The molecule has 156 valence electrons. The van der Waals surface area contributed by atoms with Crippen LogP contribution in [-0.2, 0) is 0 Å². The van der Waals surface area contributed by atoms with Gasteiger partial charge in [-0.2, -0.15) is 0 Å². The third-order valence-corrected chi connectivity index (χ3v) is 5.67. The lowest BCUT2D eigenvalue weighted by Gasteiger charge is -2.09. The topological polar surface area (TPSA) is 59.8 Å². The van der Waals surface area contributed by atoms with Crippen LogP contribution < -0.4 is 5.32 Å². The first-order valence-electron chi connectivity index (χ1n) is 9.39. The van der Waals surface area contributed by atoms with Gasteiger partial charge in [0.1, 0.15) is 0 Å². The van der Waals surface area contributed by atoms with Crippen LogP contribution in [0.5, 0.6) is 0 Å². The predicted octanol–water partition coefficient (Wildman–Crippen LogP) is 6.76. The number of benzene rings is 3. The van der Waals surface area contributed by atoms with Crippen molar-refractivity contribution in [3.8, 4) is 17.1 Å². The average Bonchev–Trinajstić information content (AvgIpc) is 3.18. The lowest BCUT2D eigenvalue weighted by Crippen LogP contribution is -2.14. The van der Waals surface area contributed by atoms with E-state index in [0.717, 1.165) is 22.4 Å². The highest BCUT2D eigenvalue weighted by atomic mass is 35.5. The number of anilines is 1. The maximum atomic E-state index is 12.9. The van der Waals surface area contributed by atoms with Gasteiger partial charge in [0.25, 0.3) is 5.91 Å². The van der Waals surface area contributed by atoms with Crippen LogP contribution in [0.3, 0.4) is 0 Å². The lowest BCUT2D eigenvalue weighted by atomic mass is 10.1. The second-order valence-electron chi connectivity index (χ2n) is 7.05. The predicted molar refractivity (Wildman–Crippen MR) is 126 cm³/mol. The minimum Gasteiger partial charge on any atom is -0.319 e. The maximum absolute atomic E-state index is 12.9. The molecule has 5 nitrogen and oxygen atoms in total. The van der Waals surface area contributed by atoms with Crippen molar-refractivity contribution in [1.82, 2.24) is 14.8 Å². The van der Waals surface area contributed by atoms with E-state index in [1.165, 1.54) is 0 Å². The number of carbonyl (C=O) groups is 1. The molecule has 0 aliphatic heterocycles. The first-order chi connectivity index (χ1) is 14.8. The van der Waals surface area contributed by atoms with Gasteiger partial charge in [-0.05, 0) is 49.7 Å². The molecule has 0 saturated heterocycles. The van der Waals surface area contributed by atoms with E-state index in [-0.39, 0.29) is 5.82 Å². The summed E-state index contributed by atoms with van der Waals surface area (Å²) in [5.41, 5.74) is 4.12. The van der Waals surface area contributed by atoms with Gasteiger partial charge in [0.2, 0.25) is 5.82 Å². The fourth-order valence-electron chi connectivity index (χ4n) is 3.04. The number of rotatable bonds is 4. The van der Waals surface area contributed by atoms with Crippen LogP contribution in [0.1, 0.15) is 21.7 Å². The van der Waals surface area contributed by atoms with Gasteiger partial charge in [-0.15, -0.1) is 5.10 Å². The molecular formula is C23H17Cl3N4O. The number of hydrogen-bond acceptors (Lipinski definition) is 3. The van der Waals surface area contributed by atoms with Crippen molar-refractivity contribution in [2.24, 2.45) is 0 Å². The standard InChI is InChI=1S/C23H17Cl3N4O/c1-13-3-6-15(7-4-13)22-28-21(23(31)27-17-9-10-18(25)19(26)12-17)29-30(22)20-11-16(24)8-5-14(20)2/h3-12H,1-2H3,(H,27,31). The number of amides is 1. The third kappa shape index (κ3) is 4.59. The quantitative estimate of drug-likeness (QED) is 0.357. The van der Waals surface area contributed by atoms with Gasteiger partial charge in [0.05, 0.1) is 15.7 Å². The van der Waals surface area contributed by atoms with Crippen LogP contribution in [0.15, 0.2) is 60.7 Å². The van der Waals surface area contributed by atoms with Crippen LogP contribution in [0.4, 0.5) is 5.69 Å². The summed E-state index contributed by atoms with van der Waals surface area (Å²) in [6, 6.07) is 18.2. The van der Waals surface area contributed by atoms with Crippen molar-refractivity contribution >= 4 is 46.4 Å². The molecule has 1 heterocycles. The van der Waals surface area contributed by atoms with Crippen molar-refractivity contribution in [3.63, 3.8) is 0 Å². The first-order valence-corrected chi connectivity index (χ1v) is 10.5. The second-order valence-corrected chi connectivity index (χ2v) is 8.30. The van der Waals surface area contributed by atoms with Gasteiger partial charge in [0, 0.05) is 16.3 Å². The molecule has 0 fully saturated rings. The molecule has 8 heteroatoms. The van der Waals surface area contributed by atoms with Crippen molar-refractivity contribution in [3.05, 3.63) is 92.7 Å². The van der Waals surface area contributed by atoms with E-state index in [1.807, 2.05) is 44.2 Å². The Hall–Kier alpha value is -2.86. The lowest BCUT2D eigenvalue weighted by molar-refractivity contribution is 0.101. The van der Waals surface area contributed by atoms with Crippen molar-refractivity contribution in [1.29, 1.82) is 0 Å². The minimum atomic E-state index is -0.467. The van der Waals surface area contributed by atoms with Gasteiger partial charge in [0.15, 0.2) is 5.82 Å². The molecule has 4 rings (SSSR count). The summed E-state index contributed by atoms with van der Waals surface area (Å²) in [4.78, 5) is 17.4. The molecule has 1 N–H and O–H groups in total. The Morgan fingerprint density at radius 1 is 0.903 bits per heavy atom. The molecule has 3 aromatic carbocycles. The molecule has 4 aromatic rings. The van der Waals surface area contributed by atoms with Gasteiger partial charge in [-0.3, -0.25) is 4.79 Å². The molecule has 0 saturated carbocycles. The highest BCUT2D eigenvalue weighted by molar-refractivity contribution is 6.42. The van der Waals surface area contributed by atoms with E-state index < -0.39 is 5.91 Å². The smallest absolute Gasteiger partial charge is 0.295 e. The summed E-state index contributed by atoms with van der Waals surface area (Å²) >= 11 is 18.2. The Kier molecular flexibility index (Phi) is 6.01. The van der Waals surface area contributed by atoms with Crippen LogP contribution >= 0.6 is 34.8 Å². The van der Waals surface area contributed by atoms with E-state index in [2.05, 4.69) is 15.4 Å². The average molecular weight is 472 g/mol. The van der Waals surface area contributed by atoms with Crippen LogP contribution in [0, 0.1) is 13.8 Å². The fraction of sp³-hybridized carbons (Fsp3) is 0.0870. The second kappa shape index (κ2) is 8.71. The Morgan fingerprint density at radius 2 is 1.65 bits per heavy atom. The summed E-state index contributed by atoms with van der Waals surface area (Å²) < 4.78 is 1.63. The van der Waals surface area contributed by atoms with E-state index >= 15 is 0 Å². The number of nitrogens with zero attached hydrogens (tertiary/aromatic N) is 3. The van der Waals surface area contributed by atoms with E-state index in [9.17, 15) is 4.79 Å². The number of nitrogens with one attached hydrogen (secondary N) is 1. The molecule has 0 radical (unpaired) electrons. The summed E-state index contributed by atoms with van der Waals surface area (Å²) in [6.07, 6.45) is 0. The van der Waals surface area contributed by atoms with Gasteiger partial charge < -0.3 is 5.32 Å². The van der Waals surface area contributed by atoms with Gasteiger partial charge >= 0.3 is 0 Å².